The minimum absolute atomic E-state index is 0.0926. The molecule has 1 saturated carbocycles. The lowest BCUT2D eigenvalue weighted by Crippen LogP contribution is -2.30. The summed E-state index contributed by atoms with van der Waals surface area (Å²) < 4.78 is 71.5. The minimum atomic E-state index is -4.57. The molecule has 10 heteroatoms. The molecule has 3 aliphatic rings. The molecule has 6 rings (SSSR count). The van der Waals surface area contributed by atoms with Crippen molar-refractivity contribution in [3.8, 4) is 0 Å². The third-order valence-electron chi connectivity index (χ3n) is 7.16. The van der Waals surface area contributed by atoms with E-state index in [-0.39, 0.29) is 23.2 Å². The van der Waals surface area contributed by atoms with Crippen LogP contribution < -0.4 is 9.80 Å². The number of benzene rings is 1. The Labute approximate surface area is 186 Å². The fraction of sp³-hybridized carbons (Fsp3) is 0.478. The molecule has 2 saturated heterocycles. The van der Waals surface area contributed by atoms with Crippen LogP contribution in [0.1, 0.15) is 24.2 Å². The third kappa shape index (κ3) is 3.59. The monoisotopic (exact) mass is 463 g/mol. The predicted octanol–water partition coefficient (Wildman–Crippen LogP) is 4.55. The molecule has 174 valence electrons. The zero-order valence-corrected chi connectivity index (χ0v) is 17.7. The Morgan fingerprint density at radius 2 is 1.55 bits per heavy atom. The number of aromatic nitrogens is 3. The van der Waals surface area contributed by atoms with E-state index in [1.54, 1.807) is 11.1 Å². The highest BCUT2D eigenvalue weighted by atomic mass is 19.4. The molecule has 3 aromatic rings. The standard InChI is InChI=1S/C23H22F5N5/c24-16-3-4-18(17(25)8-16)31-9-14-11-32(12-15(14)10-31)19-5-6-33-20(7-13-1-2-13)29-30-22(33)21(19)23(26,27)28/h3-6,8,13-15H,1-2,7,9-12H2/t14-,15+. The molecule has 0 amide bonds. The van der Waals surface area contributed by atoms with E-state index in [1.165, 1.54) is 22.6 Å². The van der Waals surface area contributed by atoms with Crippen molar-refractivity contribution in [3.05, 3.63) is 53.5 Å². The summed E-state index contributed by atoms with van der Waals surface area (Å²) in [5, 5.41) is 7.98. The number of hydrogen-bond acceptors (Lipinski definition) is 4. The van der Waals surface area contributed by atoms with Crippen molar-refractivity contribution in [2.45, 2.75) is 25.4 Å². The predicted molar refractivity (Wildman–Crippen MR) is 112 cm³/mol. The highest BCUT2D eigenvalue weighted by Crippen LogP contribution is 2.43. The fourth-order valence-electron chi connectivity index (χ4n) is 5.37. The van der Waals surface area contributed by atoms with Gasteiger partial charge < -0.3 is 9.80 Å². The van der Waals surface area contributed by atoms with Gasteiger partial charge in [-0.25, -0.2) is 8.78 Å². The molecule has 1 aromatic carbocycles. The van der Waals surface area contributed by atoms with Gasteiger partial charge in [-0.2, -0.15) is 13.2 Å². The SMILES string of the molecule is Fc1ccc(N2C[C@@H]3CN(c4ccn5c(CC6CC6)nnc5c4C(F)(F)F)C[C@@H]3C2)c(F)c1. The number of rotatable bonds is 4. The molecule has 3 fully saturated rings. The molecule has 0 spiro atoms. The maximum Gasteiger partial charge on any atom is 0.422 e. The van der Waals surface area contributed by atoms with Gasteiger partial charge in [-0.3, -0.25) is 4.40 Å². The first-order valence-electron chi connectivity index (χ1n) is 11.2. The van der Waals surface area contributed by atoms with Crippen molar-refractivity contribution in [2.75, 3.05) is 36.0 Å². The van der Waals surface area contributed by atoms with E-state index in [0.717, 1.165) is 18.9 Å². The molecule has 5 nitrogen and oxygen atoms in total. The zero-order chi connectivity index (χ0) is 22.9. The van der Waals surface area contributed by atoms with Gasteiger partial charge in [-0.15, -0.1) is 10.2 Å². The number of nitrogens with zero attached hydrogens (tertiary/aromatic N) is 5. The van der Waals surface area contributed by atoms with Crippen LogP contribution in [0.5, 0.6) is 0 Å². The maximum absolute atomic E-state index is 14.2. The number of alkyl halides is 3. The van der Waals surface area contributed by atoms with Crippen LogP contribution in [0.25, 0.3) is 5.65 Å². The second-order valence-corrected chi connectivity index (χ2v) is 9.46. The second-order valence-electron chi connectivity index (χ2n) is 9.46. The Kier molecular flexibility index (Phi) is 4.57. The van der Waals surface area contributed by atoms with Crippen LogP contribution in [0.15, 0.2) is 30.5 Å². The summed E-state index contributed by atoms with van der Waals surface area (Å²) in [6, 6.07) is 5.02. The summed E-state index contributed by atoms with van der Waals surface area (Å²) in [5.41, 5.74) is -0.445. The molecular formula is C23H22F5N5. The van der Waals surface area contributed by atoms with Gasteiger partial charge in [0.2, 0.25) is 0 Å². The van der Waals surface area contributed by atoms with Crippen LogP contribution in [0.3, 0.4) is 0 Å². The highest BCUT2D eigenvalue weighted by molar-refractivity contribution is 5.67. The molecule has 33 heavy (non-hydrogen) atoms. The van der Waals surface area contributed by atoms with Crippen molar-refractivity contribution in [1.29, 1.82) is 0 Å². The summed E-state index contributed by atoms with van der Waals surface area (Å²) in [6.07, 6.45) is -0.126. The summed E-state index contributed by atoms with van der Waals surface area (Å²) in [7, 11) is 0. The Balaban J connectivity index is 1.27. The molecule has 1 aliphatic carbocycles. The van der Waals surface area contributed by atoms with Crippen LogP contribution in [-0.4, -0.2) is 40.8 Å². The number of pyridine rings is 1. The Morgan fingerprint density at radius 3 is 2.15 bits per heavy atom. The molecule has 2 aliphatic heterocycles. The van der Waals surface area contributed by atoms with E-state index in [2.05, 4.69) is 10.2 Å². The van der Waals surface area contributed by atoms with Gasteiger partial charge in [0.25, 0.3) is 0 Å². The largest absolute Gasteiger partial charge is 0.422 e. The molecule has 2 aromatic heterocycles. The van der Waals surface area contributed by atoms with Gasteiger partial charge in [-0.05, 0) is 37.0 Å². The van der Waals surface area contributed by atoms with Gasteiger partial charge in [0.15, 0.2) is 5.65 Å². The normalized spacial score (nSPS) is 23.1. The lowest BCUT2D eigenvalue weighted by atomic mass is 10.0. The van der Waals surface area contributed by atoms with Gasteiger partial charge in [0.05, 0.1) is 11.4 Å². The van der Waals surface area contributed by atoms with E-state index >= 15 is 0 Å². The van der Waals surface area contributed by atoms with E-state index in [1.807, 2.05) is 4.90 Å². The fourth-order valence-corrected chi connectivity index (χ4v) is 5.37. The van der Waals surface area contributed by atoms with Gasteiger partial charge in [-0.1, -0.05) is 0 Å². The van der Waals surface area contributed by atoms with Gasteiger partial charge >= 0.3 is 6.18 Å². The Hall–Kier alpha value is -2.91. The van der Waals surface area contributed by atoms with Crippen molar-refractivity contribution >= 4 is 17.0 Å². The van der Waals surface area contributed by atoms with Crippen molar-refractivity contribution in [3.63, 3.8) is 0 Å². The first kappa shape index (κ1) is 20.7. The second kappa shape index (κ2) is 7.30. The Morgan fingerprint density at radius 1 is 0.879 bits per heavy atom. The van der Waals surface area contributed by atoms with Crippen LogP contribution >= 0.6 is 0 Å². The quantitative estimate of drug-likeness (QED) is 0.532. The van der Waals surface area contributed by atoms with Crippen molar-refractivity contribution < 1.29 is 22.0 Å². The van der Waals surface area contributed by atoms with Crippen LogP contribution in [0.4, 0.5) is 33.3 Å². The van der Waals surface area contributed by atoms with E-state index in [9.17, 15) is 22.0 Å². The highest BCUT2D eigenvalue weighted by Gasteiger charge is 2.45. The van der Waals surface area contributed by atoms with Crippen LogP contribution in [0.2, 0.25) is 0 Å². The van der Waals surface area contributed by atoms with Crippen molar-refractivity contribution in [2.24, 2.45) is 17.8 Å². The first-order chi connectivity index (χ1) is 15.8. The Bertz CT molecular complexity index is 1200. The maximum atomic E-state index is 14.2. The van der Waals surface area contributed by atoms with Crippen molar-refractivity contribution in [1.82, 2.24) is 14.6 Å². The average molecular weight is 463 g/mol. The molecule has 2 atom stereocenters. The van der Waals surface area contributed by atoms with E-state index < -0.39 is 23.4 Å². The summed E-state index contributed by atoms with van der Waals surface area (Å²) in [5.74, 6) is -0.0145. The summed E-state index contributed by atoms with van der Waals surface area (Å²) in [4.78, 5) is 3.63. The average Bonchev–Trinajstić information content (AvgIpc) is 3.14. The minimum Gasteiger partial charge on any atom is -0.370 e. The van der Waals surface area contributed by atoms with E-state index in [0.29, 0.717) is 50.0 Å². The topological polar surface area (TPSA) is 36.7 Å². The van der Waals surface area contributed by atoms with Gasteiger partial charge in [0.1, 0.15) is 23.0 Å². The van der Waals surface area contributed by atoms with E-state index in [4.69, 9.17) is 0 Å². The molecule has 0 radical (unpaired) electrons. The number of hydrogen-bond donors (Lipinski definition) is 0. The molecule has 0 unspecified atom stereocenters. The van der Waals surface area contributed by atoms with Crippen LogP contribution in [0, 0.1) is 29.4 Å². The first-order valence-corrected chi connectivity index (χ1v) is 11.2. The number of fused-ring (bicyclic) bond motifs is 2. The molecule has 0 N–H and O–H groups in total. The van der Waals surface area contributed by atoms with Gasteiger partial charge in [0, 0.05) is 56.7 Å². The molecule has 0 bridgehead atoms. The third-order valence-corrected chi connectivity index (χ3v) is 7.16. The summed E-state index contributed by atoms with van der Waals surface area (Å²) in [6.45, 7) is 1.91. The number of halogens is 5. The lowest BCUT2D eigenvalue weighted by Gasteiger charge is -2.27. The lowest BCUT2D eigenvalue weighted by molar-refractivity contribution is -0.136. The molecular weight excluding hydrogens is 441 g/mol. The zero-order valence-electron chi connectivity index (χ0n) is 17.7. The smallest absolute Gasteiger partial charge is 0.370 e. The van der Waals surface area contributed by atoms with Crippen LogP contribution in [-0.2, 0) is 12.6 Å². The number of anilines is 2. The summed E-state index contributed by atoms with van der Waals surface area (Å²) >= 11 is 0. The molecule has 4 heterocycles.